The van der Waals surface area contributed by atoms with Crippen LogP contribution in [0.15, 0.2) is 0 Å². The van der Waals surface area contributed by atoms with Gasteiger partial charge in [-0.2, -0.15) is 0 Å². The molecule has 0 aliphatic rings. The second-order valence-electron chi connectivity index (χ2n) is 8.44. The van der Waals surface area contributed by atoms with Crippen molar-refractivity contribution in [3.05, 3.63) is 0 Å². The summed E-state index contributed by atoms with van der Waals surface area (Å²) in [6, 6.07) is 0.411. The summed E-state index contributed by atoms with van der Waals surface area (Å²) in [5.41, 5.74) is 6.16. The molecule has 2 nitrogen and oxygen atoms in total. The van der Waals surface area contributed by atoms with Crippen LogP contribution in [-0.4, -0.2) is 31.6 Å². The average molecular weight is 355 g/mol. The minimum absolute atomic E-state index is 0.411. The molecule has 0 fully saturated rings. The molecule has 0 aromatic carbocycles. The Balaban J connectivity index is 3.07. The molecule has 0 aromatic rings. The summed E-state index contributed by atoms with van der Waals surface area (Å²) in [7, 11) is 4.25. The summed E-state index contributed by atoms with van der Waals surface area (Å²) in [4.78, 5) is 2.23. The molecule has 0 spiro atoms. The third-order valence-corrected chi connectivity index (χ3v) is 5.38. The van der Waals surface area contributed by atoms with Crippen molar-refractivity contribution in [3.63, 3.8) is 0 Å². The van der Waals surface area contributed by atoms with Gasteiger partial charge in [0.15, 0.2) is 0 Å². The van der Waals surface area contributed by atoms with Gasteiger partial charge in [0, 0.05) is 6.04 Å². The molecular formula is C23H50N2. The quantitative estimate of drug-likeness (QED) is 0.240. The highest BCUT2D eigenvalue weighted by Crippen LogP contribution is 2.14. The number of rotatable bonds is 20. The number of unbranched alkanes of at least 4 members (excludes halogenated alkanes) is 15. The van der Waals surface area contributed by atoms with E-state index in [1.807, 2.05) is 0 Å². The van der Waals surface area contributed by atoms with Gasteiger partial charge in [0.2, 0.25) is 0 Å². The van der Waals surface area contributed by atoms with Crippen LogP contribution < -0.4 is 5.73 Å². The fraction of sp³-hybridized carbons (Fsp3) is 1.00. The maximum absolute atomic E-state index is 6.16. The van der Waals surface area contributed by atoms with E-state index in [2.05, 4.69) is 25.9 Å². The summed E-state index contributed by atoms with van der Waals surface area (Å²) in [5, 5.41) is 0. The van der Waals surface area contributed by atoms with Crippen molar-refractivity contribution >= 4 is 0 Å². The summed E-state index contributed by atoms with van der Waals surface area (Å²) in [6.45, 7) is 3.42. The smallest absolute Gasteiger partial charge is 0.00509 e. The lowest BCUT2D eigenvalue weighted by atomic mass is 10.0. The minimum Gasteiger partial charge on any atom is -0.328 e. The monoisotopic (exact) mass is 354 g/mol. The molecule has 0 aliphatic heterocycles. The Morgan fingerprint density at radius 1 is 0.560 bits per heavy atom. The van der Waals surface area contributed by atoms with Gasteiger partial charge in [-0.15, -0.1) is 0 Å². The van der Waals surface area contributed by atoms with Crippen LogP contribution in [0.25, 0.3) is 0 Å². The molecule has 25 heavy (non-hydrogen) atoms. The number of hydrogen-bond donors (Lipinski definition) is 1. The van der Waals surface area contributed by atoms with Gasteiger partial charge in [0.05, 0.1) is 0 Å². The largest absolute Gasteiger partial charge is 0.328 e. The zero-order valence-corrected chi connectivity index (χ0v) is 18.0. The number of hydrogen-bond acceptors (Lipinski definition) is 2. The van der Waals surface area contributed by atoms with Crippen LogP contribution in [0.2, 0.25) is 0 Å². The first-order chi connectivity index (χ1) is 12.2. The highest BCUT2D eigenvalue weighted by atomic mass is 15.0. The summed E-state index contributed by atoms with van der Waals surface area (Å²) in [6.07, 6.45) is 25.4. The van der Waals surface area contributed by atoms with Crippen LogP contribution in [0.5, 0.6) is 0 Å². The minimum atomic E-state index is 0.411. The summed E-state index contributed by atoms with van der Waals surface area (Å²) < 4.78 is 0. The average Bonchev–Trinajstić information content (AvgIpc) is 2.59. The van der Waals surface area contributed by atoms with Gasteiger partial charge in [-0.25, -0.2) is 0 Å². The van der Waals surface area contributed by atoms with E-state index in [9.17, 15) is 0 Å². The van der Waals surface area contributed by atoms with Crippen molar-refractivity contribution in [3.8, 4) is 0 Å². The SMILES string of the molecule is CCCCCCCCCCCCCCCCCCC(N)CCN(C)C. The van der Waals surface area contributed by atoms with Crippen molar-refractivity contribution in [2.24, 2.45) is 5.73 Å². The fourth-order valence-electron chi connectivity index (χ4n) is 3.52. The zero-order valence-electron chi connectivity index (χ0n) is 18.0. The molecule has 0 amide bonds. The van der Waals surface area contributed by atoms with E-state index in [0.29, 0.717) is 6.04 Å². The van der Waals surface area contributed by atoms with E-state index >= 15 is 0 Å². The summed E-state index contributed by atoms with van der Waals surface area (Å²) in [5.74, 6) is 0. The molecule has 0 saturated carbocycles. The van der Waals surface area contributed by atoms with E-state index in [1.54, 1.807) is 0 Å². The molecule has 2 heteroatoms. The van der Waals surface area contributed by atoms with Crippen LogP contribution in [0, 0.1) is 0 Å². The molecule has 0 radical (unpaired) electrons. The first kappa shape index (κ1) is 24.9. The highest BCUT2D eigenvalue weighted by Gasteiger charge is 2.02. The zero-order chi connectivity index (χ0) is 18.6. The molecule has 0 aromatic heterocycles. The Labute approximate surface area is 160 Å². The Morgan fingerprint density at radius 3 is 1.28 bits per heavy atom. The van der Waals surface area contributed by atoms with Gasteiger partial charge in [0.25, 0.3) is 0 Å². The highest BCUT2D eigenvalue weighted by molar-refractivity contribution is 4.63. The van der Waals surface area contributed by atoms with Gasteiger partial charge < -0.3 is 10.6 Å². The predicted octanol–water partition coefficient (Wildman–Crippen LogP) is 6.92. The Morgan fingerprint density at radius 2 is 0.920 bits per heavy atom. The molecular weight excluding hydrogens is 304 g/mol. The van der Waals surface area contributed by atoms with E-state index in [4.69, 9.17) is 5.73 Å². The van der Waals surface area contributed by atoms with Gasteiger partial charge >= 0.3 is 0 Å². The second kappa shape index (κ2) is 20.2. The number of nitrogens with zero attached hydrogens (tertiary/aromatic N) is 1. The van der Waals surface area contributed by atoms with E-state index in [0.717, 1.165) is 13.0 Å². The van der Waals surface area contributed by atoms with Crippen LogP contribution in [0.1, 0.15) is 122 Å². The van der Waals surface area contributed by atoms with E-state index in [-0.39, 0.29) is 0 Å². The molecule has 1 unspecified atom stereocenters. The standard InChI is InChI=1S/C23H50N2/c1-4-5-6-7-8-9-10-11-12-13-14-15-16-17-18-19-20-23(24)21-22-25(2)3/h23H,4-22,24H2,1-3H3. The van der Waals surface area contributed by atoms with Gasteiger partial charge in [0.1, 0.15) is 0 Å². The predicted molar refractivity (Wildman–Crippen MR) is 115 cm³/mol. The molecule has 0 rings (SSSR count). The maximum Gasteiger partial charge on any atom is 0.00509 e. The first-order valence-electron chi connectivity index (χ1n) is 11.6. The van der Waals surface area contributed by atoms with Crippen molar-refractivity contribution in [2.75, 3.05) is 20.6 Å². The fourth-order valence-corrected chi connectivity index (χ4v) is 3.52. The maximum atomic E-state index is 6.16. The molecule has 0 aliphatic carbocycles. The molecule has 0 bridgehead atoms. The van der Waals surface area contributed by atoms with Crippen molar-refractivity contribution in [1.82, 2.24) is 4.90 Å². The molecule has 2 N–H and O–H groups in total. The molecule has 1 atom stereocenters. The van der Waals surface area contributed by atoms with Crippen LogP contribution in [0.4, 0.5) is 0 Å². The molecule has 152 valence electrons. The topological polar surface area (TPSA) is 29.3 Å². The lowest BCUT2D eigenvalue weighted by molar-refractivity contribution is 0.370. The Bertz CT molecular complexity index is 240. The van der Waals surface area contributed by atoms with Crippen LogP contribution in [-0.2, 0) is 0 Å². The lowest BCUT2D eigenvalue weighted by Gasteiger charge is -2.14. The molecule has 0 saturated heterocycles. The van der Waals surface area contributed by atoms with Crippen LogP contribution >= 0.6 is 0 Å². The number of nitrogens with two attached hydrogens (primary N) is 1. The first-order valence-corrected chi connectivity index (χ1v) is 11.6. The van der Waals surface area contributed by atoms with Crippen molar-refractivity contribution < 1.29 is 0 Å². The normalized spacial score (nSPS) is 12.8. The van der Waals surface area contributed by atoms with E-state index < -0.39 is 0 Å². The van der Waals surface area contributed by atoms with Gasteiger partial charge in [-0.1, -0.05) is 110 Å². The Kier molecular flexibility index (Phi) is 20.2. The summed E-state index contributed by atoms with van der Waals surface area (Å²) >= 11 is 0. The van der Waals surface area contributed by atoms with Gasteiger partial charge in [-0.3, -0.25) is 0 Å². The van der Waals surface area contributed by atoms with Crippen LogP contribution in [0.3, 0.4) is 0 Å². The van der Waals surface area contributed by atoms with Crippen molar-refractivity contribution in [1.29, 1.82) is 0 Å². The third-order valence-electron chi connectivity index (χ3n) is 5.38. The lowest BCUT2D eigenvalue weighted by Crippen LogP contribution is -2.26. The van der Waals surface area contributed by atoms with Gasteiger partial charge in [-0.05, 0) is 33.5 Å². The third kappa shape index (κ3) is 21.9. The Hall–Kier alpha value is -0.0800. The second-order valence-corrected chi connectivity index (χ2v) is 8.44. The van der Waals surface area contributed by atoms with Crippen molar-refractivity contribution in [2.45, 2.75) is 129 Å². The van der Waals surface area contributed by atoms with E-state index in [1.165, 1.54) is 109 Å². The molecule has 0 heterocycles.